The summed E-state index contributed by atoms with van der Waals surface area (Å²) in [7, 11) is 0. The predicted octanol–water partition coefficient (Wildman–Crippen LogP) is 1.23. The smallest absolute Gasteiger partial charge is 0.227 e. The molecule has 1 aromatic rings. The van der Waals surface area contributed by atoms with E-state index in [0.717, 1.165) is 18.7 Å². The number of hydrogen-bond donors (Lipinski definition) is 1. The predicted molar refractivity (Wildman–Crippen MR) is 84.6 cm³/mol. The summed E-state index contributed by atoms with van der Waals surface area (Å²) >= 11 is 4.96. The van der Waals surface area contributed by atoms with Crippen LogP contribution in [0.3, 0.4) is 0 Å². The van der Waals surface area contributed by atoms with Crippen molar-refractivity contribution in [2.75, 3.05) is 26.2 Å². The third kappa shape index (κ3) is 3.48. The fourth-order valence-corrected chi connectivity index (χ4v) is 2.62. The van der Waals surface area contributed by atoms with E-state index in [9.17, 15) is 4.79 Å². The minimum absolute atomic E-state index is 0.182. The van der Waals surface area contributed by atoms with E-state index in [2.05, 4.69) is 18.2 Å². The van der Waals surface area contributed by atoms with Crippen LogP contribution in [-0.4, -0.2) is 47.0 Å². The second-order valence-electron chi connectivity index (χ2n) is 5.31. The van der Waals surface area contributed by atoms with E-state index >= 15 is 0 Å². The first-order valence-corrected chi connectivity index (χ1v) is 7.26. The highest BCUT2D eigenvalue weighted by atomic mass is 32.1. The number of amides is 1. The lowest BCUT2D eigenvalue weighted by Gasteiger charge is -2.35. The summed E-state index contributed by atoms with van der Waals surface area (Å²) in [6.07, 6.45) is 0.473. The van der Waals surface area contributed by atoms with Crippen LogP contribution >= 0.6 is 12.2 Å². The van der Waals surface area contributed by atoms with Crippen molar-refractivity contribution < 1.29 is 4.79 Å². The van der Waals surface area contributed by atoms with Crippen molar-refractivity contribution in [2.45, 2.75) is 20.3 Å². The number of nitrogens with two attached hydrogens (primary N) is 1. The number of hydrogen-bond acceptors (Lipinski definition) is 2. The van der Waals surface area contributed by atoms with Gasteiger partial charge < -0.3 is 15.5 Å². The molecule has 2 rings (SSSR count). The fourth-order valence-electron chi connectivity index (χ4n) is 2.44. The molecule has 5 heteroatoms. The van der Waals surface area contributed by atoms with Gasteiger partial charge in [0, 0.05) is 26.2 Å². The number of nitrogens with zero attached hydrogens (tertiary/aromatic N) is 2. The molecule has 108 valence electrons. The molecule has 1 amide bonds. The van der Waals surface area contributed by atoms with Gasteiger partial charge in [-0.1, -0.05) is 23.8 Å². The summed E-state index contributed by atoms with van der Waals surface area (Å²) < 4.78 is 0. The molecule has 0 atom stereocenters. The Kier molecular flexibility index (Phi) is 4.60. The summed E-state index contributed by atoms with van der Waals surface area (Å²) in [5.74, 6) is 0.182. The van der Waals surface area contributed by atoms with Crippen LogP contribution in [0.15, 0.2) is 18.2 Å². The van der Waals surface area contributed by atoms with Crippen LogP contribution in [-0.2, 0) is 11.2 Å². The Morgan fingerprint density at radius 1 is 1.20 bits per heavy atom. The van der Waals surface area contributed by atoms with Crippen LogP contribution in [0.5, 0.6) is 0 Å². The van der Waals surface area contributed by atoms with Gasteiger partial charge in [-0.15, -0.1) is 0 Å². The van der Waals surface area contributed by atoms with Gasteiger partial charge in [-0.2, -0.15) is 0 Å². The molecule has 1 saturated heterocycles. The lowest BCUT2D eigenvalue weighted by atomic mass is 10.0. The van der Waals surface area contributed by atoms with E-state index in [0.29, 0.717) is 24.6 Å². The molecular weight excluding hydrogens is 270 g/mol. The molecule has 0 radical (unpaired) electrons. The van der Waals surface area contributed by atoms with Crippen molar-refractivity contribution in [3.05, 3.63) is 34.9 Å². The van der Waals surface area contributed by atoms with E-state index in [1.165, 1.54) is 11.1 Å². The number of piperazine rings is 1. The molecule has 0 spiro atoms. The van der Waals surface area contributed by atoms with Gasteiger partial charge >= 0.3 is 0 Å². The van der Waals surface area contributed by atoms with E-state index in [-0.39, 0.29) is 5.91 Å². The number of aryl methyl sites for hydroxylation is 2. The Morgan fingerprint density at radius 3 is 2.40 bits per heavy atom. The van der Waals surface area contributed by atoms with Crippen LogP contribution in [0.4, 0.5) is 0 Å². The third-order valence-electron chi connectivity index (χ3n) is 3.79. The average molecular weight is 291 g/mol. The van der Waals surface area contributed by atoms with Crippen molar-refractivity contribution in [1.29, 1.82) is 0 Å². The lowest BCUT2D eigenvalue weighted by molar-refractivity contribution is -0.131. The Bertz CT molecular complexity index is 522. The molecule has 0 unspecified atom stereocenters. The molecule has 1 aliphatic rings. The highest BCUT2D eigenvalue weighted by Gasteiger charge is 2.21. The number of carbonyl (C=O) groups is 1. The van der Waals surface area contributed by atoms with Gasteiger partial charge in [-0.05, 0) is 37.2 Å². The van der Waals surface area contributed by atoms with E-state index in [1.807, 2.05) is 23.6 Å². The zero-order chi connectivity index (χ0) is 14.7. The normalized spacial score (nSPS) is 15.3. The average Bonchev–Trinajstić information content (AvgIpc) is 2.43. The molecule has 1 heterocycles. The Labute approximate surface area is 125 Å². The Balaban J connectivity index is 1.96. The summed E-state index contributed by atoms with van der Waals surface area (Å²) in [6.45, 7) is 6.95. The minimum atomic E-state index is 0.182. The molecule has 2 N–H and O–H groups in total. The molecule has 1 fully saturated rings. The minimum Gasteiger partial charge on any atom is -0.376 e. The summed E-state index contributed by atoms with van der Waals surface area (Å²) in [4.78, 5) is 16.2. The van der Waals surface area contributed by atoms with Gasteiger partial charge in [0.25, 0.3) is 0 Å². The summed E-state index contributed by atoms with van der Waals surface area (Å²) in [5, 5.41) is 0.423. The van der Waals surface area contributed by atoms with Gasteiger partial charge in [0.15, 0.2) is 5.11 Å². The van der Waals surface area contributed by atoms with Crippen LogP contribution < -0.4 is 5.73 Å². The maximum atomic E-state index is 12.4. The fraction of sp³-hybridized carbons (Fsp3) is 0.467. The number of benzene rings is 1. The van der Waals surface area contributed by atoms with Gasteiger partial charge in [-0.3, -0.25) is 4.79 Å². The number of carbonyl (C=O) groups excluding carboxylic acids is 1. The van der Waals surface area contributed by atoms with E-state index in [4.69, 9.17) is 18.0 Å². The number of thiocarbonyl (C=S) groups is 1. The summed E-state index contributed by atoms with van der Waals surface area (Å²) in [5.41, 5.74) is 9.08. The largest absolute Gasteiger partial charge is 0.376 e. The quantitative estimate of drug-likeness (QED) is 0.833. The van der Waals surface area contributed by atoms with Crippen molar-refractivity contribution in [3.8, 4) is 0 Å². The number of rotatable bonds is 2. The van der Waals surface area contributed by atoms with Gasteiger partial charge in [0.2, 0.25) is 5.91 Å². The first-order valence-electron chi connectivity index (χ1n) is 6.85. The molecule has 0 aromatic heterocycles. The van der Waals surface area contributed by atoms with Crippen LogP contribution in [0.25, 0.3) is 0 Å². The molecule has 0 aliphatic carbocycles. The van der Waals surface area contributed by atoms with E-state index in [1.54, 1.807) is 0 Å². The molecule has 0 saturated carbocycles. The van der Waals surface area contributed by atoms with Gasteiger partial charge in [0.1, 0.15) is 0 Å². The topological polar surface area (TPSA) is 49.6 Å². The zero-order valence-corrected chi connectivity index (χ0v) is 12.9. The van der Waals surface area contributed by atoms with Crippen LogP contribution in [0, 0.1) is 13.8 Å². The molecule has 1 aliphatic heterocycles. The first-order chi connectivity index (χ1) is 9.47. The molecular formula is C15H21N3OS. The van der Waals surface area contributed by atoms with E-state index < -0.39 is 0 Å². The maximum absolute atomic E-state index is 12.4. The van der Waals surface area contributed by atoms with Crippen molar-refractivity contribution in [3.63, 3.8) is 0 Å². The van der Waals surface area contributed by atoms with Crippen molar-refractivity contribution in [1.82, 2.24) is 9.80 Å². The summed E-state index contributed by atoms with van der Waals surface area (Å²) in [6, 6.07) is 6.24. The molecule has 0 bridgehead atoms. The standard InChI is InChI=1S/C15H21N3OS/c1-11-3-4-12(2)13(9-11)10-14(19)17-5-7-18(8-6-17)15(16)20/h3-4,9H,5-8,10H2,1-2H3,(H2,16,20). The van der Waals surface area contributed by atoms with Crippen LogP contribution in [0.1, 0.15) is 16.7 Å². The van der Waals surface area contributed by atoms with Crippen molar-refractivity contribution >= 4 is 23.2 Å². The second kappa shape index (κ2) is 6.22. The highest BCUT2D eigenvalue weighted by Crippen LogP contribution is 2.13. The monoisotopic (exact) mass is 291 g/mol. The molecule has 1 aromatic carbocycles. The lowest BCUT2D eigenvalue weighted by Crippen LogP contribution is -2.52. The van der Waals surface area contributed by atoms with Gasteiger partial charge in [-0.25, -0.2) is 0 Å². The highest BCUT2D eigenvalue weighted by molar-refractivity contribution is 7.80. The molecule has 4 nitrogen and oxygen atoms in total. The SMILES string of the molecule is Cc1ccc(C)c(CC(=O)N2CCN(C(N)=S)CC2)c1. The first kappa shape index (κ1) is 14.8. The second-order valence-corrected chi connectivity index (χ2v) is 5.73. The van der Waals surface area contributed by atoms with Crippen molar-refractivity contribution in [2.24, 2.45) is 5.73 Å². The van der Waals surface area contributed by atoms with Gasteiger partial charge in [0.05, 0.1) is 6.42 Å². The Morgan fingerprint density at radius 2 is 1.80 bits per heavy atom. The van der Waals surface area contributed by atoms with Crippen LogP contribution in [0.2, 0.25) is 0 Å². The Hall–Kier alpha value is -1.62. The third-order valence-corrected chi connectivity index (χ3v) is 4.05. The zero-order valence-electron chi connectivity index (χ0n) is 12.1. The molecule has 20 heavy (non-hydrogen) atoms. The maximum Gasteiger partial charge on any atom is 0.227 e.